The van der Waals surface area contributed by atoms with E-state index in [1.165, 1.54) is 0 Å². The normalized spacial score (nSPS) is 18.6. The van der Waals surface area contributed by atoms with E-state index >= 15 is 0 Å². The van der Waals surface area contributed by atoms with Gasteiger partial charge in [0.1, 0.15) is 12.4 Å². The fourth-order valence-electron chi connectivity index (χ4n) is 3.56. The molecule has 1 saturated carbocycles. The van der Waals surface area contributed by atoms with Crippen LogP contribution in [0.2, 0.25) is 0 Å². The SMILES string of the molecule is CC(C)(C)C(=O)NC1CCC(C(=O)NCc2ccc(COc3nccc(N)n3)cc2)CC1. The Labute approximate surface area is 189 Å². The number of nitrogens with two attached hydrogens (primary N) is 1. The number of rotatable bonds is 7. The minimum atomic E-state index is -0.390. The van der Waals surface area contributed by atoms with Gasteiger partial charge in [0, 0.05) is 30.1 Å². The maximum atomic E-state index is 12.6. The van der Waals surface area contributed by atoms with Crippen LogP contribution < -0.4 is 21.1 Å². The summed E-state index contributed by atoms with van der Waals surface area (Å²) >= 11 is 0. The number of hydrogen-bond donors (Lipinski definition) is 3. The average molecular weight is 440 g/mol. The van der Waals surface area contributed by atoms with Gasteiger partial charge in [-0.1, -0.05) is 45.0 Å². The Morgan fingerprint density at radius 2 is 1.72 bits per heavy atom. The summed E-state index contributed by atoms with van der Waals surface area (Å²) in [6.07, 6.45) is 4.82. The predicted molar refractivity (Wildman–Crippen MR) is 122 cm³/mol. The van der Waals surface area contributed by atoms with E-state index in [9.17, 15) is 9.59 Å². The van der Waals surface area contributed by atoms with Crippen molar-refractivity contribution in [2.45, 2.75) is 65.6 Å². The maximum absolute atomic E-state index is 12.6. The van der Waals surface area contributed by atoms with Crippen molar-refractivity contribution in [2.24, 2.45) is 11.3 Å². The van der Waals surface area contributed by atoms with Crippen LogP contribution in [0.4, 0.5) is 5.82 Å². The molecule has 172 valence electrons. The van der Waals surface area contributed by atoms with E-state index in [0.29, 0.717) is 19.0 Å². The highest BCUT2D eigenvalue weighted by Gasteiger charge is 2.29. The predicted octanol–water partition coefficient (Wildman–Crippen LogP) is 2.98. The zero-order valence-corrected chi connectivity index (χ0v) is 19.1. The van der Waals surface area contributed by atoms with Gasteiger partial charge in [-0.2, -0.15) is 4.98 Å². The molecule has 1 aromatic carbocycles. The highest BCUT2D eigenvalue weighted by atomic mass is 16.5. The van der Waals surface area contributed by atoms with Gasteiger partial charge in [-0.3, -0.25) is 9.59 Å². The van der Waals surface area contributed by atoms with Gasteiger partial charge in [0.25, 0.3) is 0 Å². The van der Waals surface area contributed by atoms with E-state index in [0.717, 1.165) is 36.8 Å². The first-order valence-corrected chi connectivity index (χ1v) is 11.1. The first kappa shape index (κ1) is 23.5. The summed E-state index contributed by atoms with van der Waals surface area (Å²) in [7, 11) is 0. The van der Waals surface area contributed by atoms with Crippen LogP contribution in [0.25, 0.3) is 0 Å². The number of benzene rings is 1. The highest BCUT2D eigenvalue weighted by molar-refractivity contribution is 5.82. The zero-order valence-electron chi connectivity index (χ0n) is 19.1. The molecular formula is C24H33N5O3. The van der Waals surface area contributed by atoms with E-state index < -0.39 is 0 Å². The van der Waals surface area contributed by atoms with Crippen LogP contribution in [0.5, 0.6) is 6.01 Å². The Balaban J connectivity index is 1.39. The van der Waals surface area contributed by atoms with E-state index in [1.807, 2.05) is 45.0 Å². The van der Waals surface area contributed by atoms with Gasteiger partial charge >= 0.3 is 6.01 Å². The number of nitrogens with one attached hydrogen (secondary N) is 2. The lowest BCUT2D eigenvalue weighted by Crippen LogP contribution is -2.44. The van der Waals surface area contributed by atoms with Gasteiger partial charge in [-0.05, 0) is 42.9 Å². The summed E-state index contributed by atoms with van der Waals surface area (Å²) < 4.78 is 5.54. The quantitative estimate of drug-likeness (QED) is 0.610. The van der Waals surface area contributed by atoms with E-state index in [4.69, 9.17) is 10.5 Å². The number of carbonyl (C=O) groups excluding carboxylic acids is 2. The Morgan fingerprint density at radius 3 is 2.34 bits per heavy atom. The molecule has 0 bridgehead atoms. The summed E-state index contributed by atoms with van der Waals surface area (Å²) in [6, 6.07) is 9.86. The molecule has 3 rings (SSSR count). The van der Waals surface area contributed by atoms with Crippen LogP contribution in [-0.4, -0.2) is 27.8 Å². The Morgan fingerprint density at radius 1 is 1.06 bits per heavy atom. The molecule has 8 heteroatoms. The molecule has 1 aliphatic rings. The molecule has 1 heterocycles. The van der Waals surface area contributed by atoms with Crippen LogP contribution in [0.3, 0.4) is 0 Å². The minimum absolute atomic E-state index is 0.00349. The second-order valence-corrected chi connectivity index (χ2v) is 9.36. The van der Waals surface area contributed by atoms with E-state index in [-0.39, 0.29) is 35.2 Å². The molecule has 0 atom stereocenters. The van der Waals surface area contributed by atoms with Gasteiger partial charge in [0.2, 0.25) is 11.8 Å². The third-order valence-electron chi connectivity index (χ3n) is 5.63. The molecule has 1 aliphatic carbocycles. The molecule has 0 radical (unpaired) electrons. The molecule has 8 nitrogen and oxygen atoms in total. The van der Waals surface area contributed by atoms with Gasteiger partial charge < -0.3 is 21.1 Å². The van der Waals surface area contributed by atoms with Gasteiger partial charge in [-0.25, -0.2) is 4.98 Å². The summed E-state index contributed by atoms with van der Waals surface area (Å²) in [5.74, 6) is 0.518. The average Bonchev–Trinajstić information content (AvgIpc) is 2.76. The monoisotopic (exact) mass is 439 g/mol. The van der Waals surface area contributed by atoms with E-state index in [2.05, 4.69) is 20.6 Å². The fourth-order valence-corrected chi connectivity index (χ4v) is 3.56. The van der Waals surface area contributed by atoms with Crippen molar-refractivity contribution in [1.29, 1.82) is 0 Å². The number of carbonyl (C=O) groups is 2. The van der Waals surface area contributed by atoms with Crippen LogP contribution in [0, 0.1) is 11.3 Å². The molecule has 0 saturated heterocycles. The fraction of sp³-hybridized carbons (Fsp3) is 0.500. The van der Waals surface area contributed by atoms with E-state index in [1.54, 1.807) is 12.3 Å². The van der Waals surface area contributed by atoms with Gasteiger partial charge in [0.05, 0.1) is 0 Å². The summed E-state index contributed by atoms with van der Waals surface area (Å²) in [4.78, 5) is 32.7. The zero-order chi connectivity index (χ0) is 23.1. The second-order valence-electron chi connectivity index (χ2n) is 9.36. The van der Waals surface area contributed by atoms with Gasteiger partial charge in [-0.15, -0.1) is 0 Å². The Kier molecular flexibility index (Phi) is 7.66. The third-order valence-corrected chi connectivity index (χ3v) is 5.63. The summed E-state index contributed by atoms with van der Waals surface area (Å²) in [5, 5.41) is 6.15. The minimum Gasteiger partial charge on any atom is -0.459 e. The summed E-state index contributed by atoms with van der Waals surface area (Å²) in [6.45, 7) is 6.56. The number of aromatic nitrogens is 2. The van der Waals surface area contributed by atoms with Crippen molar-refractivity contribution in [2.75, 3.05) is 5.73 Å². The van der Waals surface area contributed by atoms with Crippen molar-refractivity contribution >= 4 is 17.6 Å². The summed E-state index contributed by atoms with van der Waals surface area (Å²) in [5.41, 5.74) is 7.22. The lowest BCUT2D eigenvalue weighted by atomic mass is 9.84. The standard InChI is InChI=1S/C24H33N5O3/c1-24(2,3)22(31)28-19-10-8-18(9-11-19)21(30)27-14-16-4-6-17(7-5-16)15-32-23-26-13-12-20(25)29-23/h4-7,12-13,18-19H,8-11,14-15H2,1-3H3,(H,27,30)(H,28,31)(H2,25,26,29). The highest BCUT2D eigenvalue weighted by Crippen LogP contribution is 2.25. The smallest absolute Gasteiger partial charge is 0.318 e. The van der Waals surface area contributed by atoms with Crippen LogP contribution in [-0.2, 0) is 22.7 Å². The first-order valence-electron chi connectivity index (χ1n) is 11.1. The maximum Gasteiger partial charge on any atom is 0.318 e. The Bertz CT molecular complexity index is 916. The number of amides is 2. The number of ether oxygens (including phenoxy) is 1. The largest absolute Gasteiger partial charge is 0.459 e. The van der Waals surface area contributed by atoms with Crippen molar-refractivity contribution in [1.82, 2.24) is 20.6 Å². The topological polar surface area (TPSA) is 119 Å². The molecule has 2 aromatic rings. The second kappa shape index (κ2) is 10.4. The molecule has 2 amide bonds. The molecular weight excluding hydrogens is 406 g/mol. The van der Waals surface area contributed by atoms with Crippen LogP contribution in [0.15, 0.2) is 36.5 Å². The van der Waals surface area contributed by atoms with Crippen molar-refractivity contribution < 1.29 is 14.3 Å². The molecule has 4 N–H and O–H groups in total. The van der Waals surface area contributed by atoms with Crippen molar-refractivity contribution in [3.8, 4) is 6.01 Å². The molecule has 0 aliphatic heterocycles. The molecule has 0 unspecified atom stereocenters. The van der Waals surface area contributed by atoms with Crippen LogP contribution in [0.1, 0.15) is 57.6 Å². The van der Waals surface area contributed by atoms with Crippen molar-refractivity contribution in [3.05, 3.63) is 47.7 Å². The number of nitrogen functional groups attached to an aromatic ring is 1. The van der Waals surface area contributed by atoms with Gasteiger partial charge in [0.15, 0.2) is 0 Å². The number of nitrogens with zero attached hydrogens (tertiary/aromatic N) is 2. The lowest BCUT2D eigenvalue weighted by molar-refractivity contribution is -0.129. The third kappa shape index (κ3) is 6.93. The lowest BCUT2D eigenvalue weighted by Gasteiger charge is -2.30. The van der Waals surface area contributed by atoms with Crippen molar-refractivity contribution in [3.63, 3.8) is 0 Å². The molecule has 1 aromatic heterocycles. The first-order chi connectivity index (χ1) is 15.2. The number of anilines is 1. The Hall–Kier alpha value is -3.16. The molecule has 32 heavy (non-hydrogen) atoms. The molecule has 1 fully saturated rings. The number of hydrogen-bond acceptors (Lipinski definition) is 6. The molecule has 0 spiro atoms. The van der Waals surface area contributed by atoms with Crippen LogP contribution >= 0.6 is 0 Å².